The van der Waals surface area contributed by atoms with E-state index in [0.29, 0.717) is 24.5 Å². The molecule has 22 heavy (non-hydrogen) atoms. The first kappa shape index (κ1) is 16.0. The van der Waals surface area contributed by atoms with Crippen molar-refractivity contribution >= 4 is 11.6 Å². The van der Waals surface area contributed by atoms with Crippen LogP contribution in [0.5, 0.6) is 5.75 Å². The van der Waals surface area contributed by atoms with Crippen molar-refractivity contribution in [3.63, 3.8) is 0 Å². The number of ether oxygens (including phenoxy) is 1. The van der Waals surface area contributed by atoms with Crippen LogP contribution in [0.4, 0.5) is 10.1 Å². The van der Waals surface area contributed by atoms with E-state index in [9.17, 15) is 9.18 Å². The molecular weight excluding hydrogens is 283 g/mol. The SMILES string of the molecule is COc1cccc(NC(=O)C[NH+](C)Cc2cccc(F)c2)c1. The number of amides is 1. The molecule has 4 nitrogen and oxygen atoms in total. The van der Waals surface area contributed by atoms with Gasteiger partial charge in [-0.25, -0.2) is 4.39 Å². The first-order valence-electron chi connectivity index (χ1n) is 7.06. The summed E-state index contributed by atoms with van der Waals surface area (Å²) < 4.78 is 18.3. The molecule has 2 aromatic rings. The fourth-order valence-electron chi connectivity index (χ4n) is 2.24. The minimum absolute atomic E-state index is 0.0952. The molecule has 0 aromatic heterocycles. The zero-order valence-electron chi connectivity index (χ0n) is 12.7. The quantitative estimate of drug-likeness (QED) is 0.849. The van der Waals surface area contributed by atoms with Crippen LogP contribution in [0.2, 0.25) is 0 Å². The molecule has 0 radical (unpaired) electrons. The number of rotatable bonds is 6. The fraction of sp³-hybridized carbons (Fsp3) is 0.235. The van der Waals surface area contributed by atoms with Gasteiger partial charge in [0, 0.05) is 17.3 Å². The van der Waals surface area contributed by atoms with Crippen LogP contribution < -0.4 is 15.0 Å². The normalized spacial score (nSPS) is 11.8. The second kappa shape index (κ2) is 7.56. The Morgan fingerprint density at radius 1 is 1.23 bits per heavy atom. The summed E-state index contributed by atoms with van der Waals surface area (Å²) in [6.07, 6.45) is 0. The number of halogens is 1. The molecule has 0 fully saturated rings. The number of benzene rings is 2. The highest BCUT2D eigenvalue weighted by atomic mass is 19.1. The summed E-state index contributed by atoms with van der Waals surface area (Å²) in [6, 6.07) is 13.6. The van der Waals surface area contributed by atoms with Gasteiger partial charge in [0.05, 0.1) is 14.2 Å². The van der Waals surface area contributed by atoms with Crippen LogP contribution in [0.15, 0.2) is 48.5 Å². The van der Waals surface area contributed by atoms with Crippen LogP contribution in [-0.2, 0) is 11.3 Å². The Hall–Kier alpha value is -2.40. The second-order valence-corrected chi connectivity index (χ2v) is 5.22. The molecule has 2 rings (SSSR count). The highest BCUT2D eigenvalue weighted by Crippen LogP contribution is 2.16. The number of nitrogens with one attached hydrogen (secondary N) is 2. The second-order valence-electron chi connectivity index (χ2n) is 5.22. The molecule has 5 heteroatoms. The third-order valence-corrected chi connectivity index (χ3v) is 3.21. The topological polar surface area (TPSA) is 42.8 Å². The molecule has 0 aliphatic rings. The van der Waals surface area contributed by atoms with Crippen molar-refractivity contribution in [3.05, 3.63) is 59.9 Å². The molecule has 0 aliphatic heterocycles. The lowest BCUT2D eigenvalue weighted by Gasteiger charge is -2.14. The maximum atomic E-state index is 13.1. The average molecular weight is 303 g/mol. The van der Waals surface area contributed by atoms with E-state index >= 15 is 0 Å². The standard InChI is InChI=1S/C17H19FN2O2/c1-20(11-13-5-3-6-14(18)9-13)12-17(21)19-15-7-4-8-16(10-15)22-2/h3-10H,11-12H2,1-2H3,(H,19,21)/p+1. The number of carbonyl (C=O) groups is 1. The third-order valence-electron chi connectivity index (χ3n) is 3.21. The van der Waals surface area contributed by atoms with Crippen LogP contribution in [0.1, 0.15) is 5.56 Å². The predicted molar refractivity (Wildman–Crippen MR) is 83.5 cm³/mol. The number of methoxy groups -OCH3 is 1. The molecule has 0 heterocycles. The van der Waals surface area contributed by atoms with Crippen molar-refractivity contribution in [2.45, 2.75) is 6.54 Å². The minimum Gasteiger partial charge on any atom is -0.497 e. The smallest absolute Gasteiger partial charge is 0.279 e. The van der Waals surface area contributed by atoms with Gasteiger partial charge < -0.3 is 15.0 Å². The van der Waals surface area contributed by atoms with Crippen molar-refractivity contribution < 1.29 is 18.8 Å². The van der Waals surface area contributed by atoms with E-state index in [1.165, 1.54) is 12.1 Å². The molecule has 1 amide bonds. The van der Waals surface area contributed by atoms with Gasteiger partial charge in [-0.15, -0.1) is 0 Å². The van der Waals surface area contributed by atoms with Crippen molar-refractivity contribution in [2.24, 2.45) is 0 Å². The number of likely N-dealkylation sites (N-methyl/N-ethyl adjacent to an activating group) is 1. The van der Waals surface area contributed by atoms with Crippen LogP contribution in [0, 0.1) is 5.82 Å². The summed E-state index contributed by atoms with van der Waals surface area (Å²) in [5.74, 6) is 0.339. The molecule has 0 saturated carbocycles. The highest BCUT2D eigenvalue weighted by Gasteiger charge is 2.11. The first-order chi connectivity index (χ1) is 10.6. The van der Waals surface area contributed by atoms with Gasteiger partial charge in [-0.2, -0.15) is 0 Å². The van der Waals surface area contributed by atoms with Crippen LogP contribution in [0.25, 0.3) is 0 Å². The van der Waals surface area contributed by atoms with E-state index in [-0.39, 0.29) is 11.7 Å². The maximum absolute atomic E-state index is 13.1. The van der Waals surface area contributed by atoms with E-state index < -0.39 is 0 Å². The van der Waals surface area contributed by atoms with Crippen molar-refractivity contribution in [1.29, 1.82) is 0 Å². The van der Waals surface area contributed by atoms with Crippen molar-refractivity contribution in [1.82, 2.24) is 0 Å². The van der Waals surface area contributed by atoms with Crippen molar-refractivity contribution in [2.75, 3.05) is 26.0 Å². The van der Waals surface area contributed by atoms with E-state index in [2.05, 4.69) is 5.32 Å². The molecule has 1 atom stereocenters. The predicted octanol–water partition coefficient (Wildman–Crippen LogP) is 1.49. The Bertz CT molecular complexity index is 646. The van der Waals surface area contributed by atoms with Gasteiger partial charge >= 0.3 is 0 Å². The van der Waals surface area contributed by atoms with Crippen LogP contribution in [-0.4, -0.2) is 26.6 Å². The molecule has 0 bridgehead atoms. The number of hydrogen-bond donors (Lipinski definition) is 2. The van der Waals surface area contributed by atoms with Crippen LogP contribution in [0.3, 0.4) is 0 Å². The Labute approximate surface area is 129 Å². The van der Waals surface area contributed by atoms with Crippen molar-refractivity contribution in [3.8, 4) is 5.75 Å². The van der Waals surface area contributed by atoms with Gasteiger partial charge in [-0.3, -0.25) is 4.79 Å². The first-order valence-corrected chi connectivity index (χ1v) is 7.06. The number of anilines is 1. The lowest BCUT2D eigenvalue weighted by Crippen LogP contribution is -3.08. The largest absolute Gasteiger partial charge is 0.497 e. The Balaban J connectivity index is 1.88. The number of carbonyl (C=O) groups excluding carboxylic acids is 1. The van der Waals surface area contributed by atoms with Gasteiger partial charge in [-0.1, -0.05) is 18.2 Å². The lowest BCUT2D eigenvalue weighted by molar-refractivity contribution is -0.885. The molecular formula is C17H20FN2O2+. The van der Waals surface area contributed by atoms with Gasteiger partial charge in [0.1, 0.15) is 18.1 Å². The monoisotopic (exact) mass is 303 g/mol. The van der Waals surface area contributed by atoms with E-state index in [1.54, 1.807) is 19.2 Å². The number of hydrogen-bond acceptors (Lipinski definition) is 2. The zero-order valence-corrected chi connectivity index (χ0v) is 12.7. The minimum atomic E-state index is -0.258. The summed E-state index contributed by atoms with van der Waals surface area (Å²) in [4.78, 5) is 13.0. The van der Waals surface area contributed by atoms with Crippen LogP contribution >= 0.6 is 0 Å². The van der Waals surface area contributed by atoms with E-state index in [1.807, 2.05) is 31.3 Å². The van der Waals surface area contributed by atoms with Gasteiger partial charge in [0.25, 0.3) is 5.91 Å². The Morgan fingerprint density at radius 3 is 2.73 bits per heavy atom. The molecule has 2 aromatic carbocycles. The fourth-order valence-corrected chi connectivity index (χ4v) is 2.24. The van der Waals surface area contributed by atoms with E-state index in [0.717, 1.165) is 10.5 Å². The summed E-state index contributed by atoms with van der Waals surface area (Å²) in [6.45, 7) is 0.886. The highest BCUT2D eigenvalue weighted by molar-refractivity contribution is 5.91. The van der Waals surface area contributed by atoms with Gasteiger partial charge in [-0.05, 0) is 24.3 Å². The molecule has 0 saturated heterocycles. The third kappa shape index (κ3) is 4.86. The summed E-state index contributed by atoms with van der Waals surface area (Å²) in [5, 5.41) is 2.83. The summed E-state index contributed by atoms with van der Waals surface area (Å²) in [5.41, 5.74) is 1.56. The number of quaternary nitrogens is 1. The Kier molecular flexibility index (Phi) is 5.49. The molecule has 0 aliphatic carbocycles. The molecule has 0 spiro atoms. The Morgan fingerprint density at radius 2 is 2.00 bits per heavy atom. The van der Waals surface area contributed by atoms with Gasteiger partial charge in [0.15, 0.2) is 6.54 Å². The summed E-state index contributed by atoms with van der Waals surface area (Å²) >= 11 is 0. The van der Waals surface area contributed by atoms with Gasteiger partial charge in [0.2, 0.25) is 0 Å². The zero-order chi connectivity index (χ0) is 15.9. The maximum Gasteiger partial charge on any atom is 0.279 e. The lowest BCUT2D eigenvalue weighted by atomic mass is 10.2. The molecule has 1 unspecified atom stereocenters. The molecule has 2 N–H and O–H groups in total. The van der Waals surface area contributed by atoms with E-state index in [4.69, 9.17) is 4.74 Å². The summed E-state index contributed by atoms with van der Waals surface area (Å²) in [7, 11) is 3.48. The molecule has 116 valence electrons. The average Bonchev–Trinajstić information content (AvgIpc) is 2.47.